The maximum absolute atomic E-state index is 4.27. The minimum absolute atomic E-state index is 0.926. The Bertz CT molecular complexity index is 361. The van der Waals surface area contributed by atoms with Crippen LogP contribution in [0.2, 0.25) is 0 Å². The van der Waals surface area contributed by atoms with Gasteiger partial charge in [-0.1, -0.05) is 24.8 Å². The molecule has 0 fully saturated rings. The Hall–Kier alpha value is -1.70. The molecular formula is C12H14N2. The maximum Gasteiger partial charge on any atom is 0.0719 e. The Labute approximate surface area is 84.7 Å². The average Bonchev–Trinajstić information content (AvgIpc) is 2.26. The average molecular weight is 186 g/mol. The van der Waals surface area contributed by atoms with E-state index in [4.69, 9.17) is 0 Å². The molecule has 0 aliphatic rings. The van der Waals surface area contributed by atoms with E-state index in [-0.39, 0.29) is 0 Å². The van der Waals surface area contributed by atoms with E-state index in [9.17, 15) is 0 Å². The molecule has 0 saturated carbocycles. The lowest BCUT2D eigenvalue weighted by Crippen LogP contribution is -1.98. The Morgan fingerprint density at radius 3 is 2.79 bits per heavy atom. The predicted molar refractivity (Wildman–Crippen MR) is 61.4 cm³/mol. The summed E-state index contributed by atoms with van der Waals surface area (Å²) in [6, 6.07) is 5.82. The number of rotatable bonds is 3. The van der Waals surface area contributed by atoms with Crippen molar-refractivity contribution in [2.24, 2.45) is 4.99 Å². The van der Waals surface area contributed by atoms with Gasteiger partial charge in [0.2, 0.25) is 0 Å². The van der Waals surface area contributed by atoms with Crippen molar-refractivity contribution in [2.45, 2.75) is 6.92 Å². The van der Waals surface area contributed by atoms with E-state index < -0.39 is 0 Å². The third kappa shape index (κ3) is 2.39. The number of pyridine rings is 1. The van der Waals surface area contributed by atoms with Gasteiger partial charge in [0, 0.05) is 24.5 Å². The van der Waals surface area contributed by atoms with Gasteiger partial charge in [0.1, 0.15) is 0 Å². The van der Waals surface area contributed by atoms with Crippen molar-refractivity contribution in [1.82, 2.24) is 4.98 Å². The zero-order chi connectivity index (χ0) is 10.4. The number of aromatic nitrogens is 1. The third-order valence-electron chi connectivity index (χ3n) is 1.95. The van der Waals surface area contributed by atoms with E-state index in [1.54, 1.807) is 19.3 Å². The molecule has 0 N–H and O–H groups in total. The summed E-state index contributed by atoms with van der Waals surface area (Å²) in [5, 5.41) is 0. The molecule has 1 heterocycles. The van der Waals surface area contributed by atoms with Crippen molar-refractivity contribution in [1.29, 1.82) is 0 Å². The predicted octanol–water partition coefficient (Wildman–Crippen LogP) is 2.74. The lowest BCUT2D eigenvalue weighted by molar-refractivity contribution is 1.28. The van der Waals surface area contributed by atoms with E-state index in [0.29, 0.717) is 0 Å². The molecule has 0 amide bonds. The lowest BCUT2D eigenvalue weighted by atomic mass is 10.1. The highest BCUT2D eigenvalue weighted by Gasteiger charge is 2.03. The highest BCUT2D eigenvalue weighted by Crippen LogP contribution is 2.13. The molecule has 0 unspecified atom stereocenters. The number of hydrogen-bond donors (Lipinski definition) is 0. The summed E-state index contributed by atoms with van der Waals surface area (Å²) in [6.45, 7) is 5.65. The second-order valence-corrected chi connectivity index (χ2v) is 2.84. The van der Waals surface area contributed by atoms with Crippen LogP contribution in [-0.2, 0) is 0 Å². The van der Waals surface area contributed by atoms with Gasteiger partial charge in [-0.05, 0) is 19.1 Å². The second-order valence-electron chi connectivity index (χ2n) is 2.84. The highest BCUT2D eigenvalue weighted by atomic mass is 14.7. The zero-order valence-electron chi connectivity index (χ0n) is 8.57. The van der Waals surface area contributed by atoms with E-state index in [1.165, 1.54) is 0 Å². The fraction of sp³-hybridized carbons (Fsp3) is 0.167. The fourth-order valence-corrected chi connectivity index (χ4v) is 1.15. The first-order valence-corrected chi connectivity index (χ1v) is 4.47. The van der Waals surface area contributed by atoms with Gasteiger partial charge in [-0.15, -0.1) is 0 Å². The van der Waals surface area contributed by atoms with Crippen LogP contribution >= 0.6 is 0 Å². The summed E-state index contributed by atoms with van der Waals surface area (Å²) < 4.78 is 0. The minimum atomic E-state index is 0.926. The van der Waals surface area contributed by atoms with Crippen molar-refractivity contribution in [3.63, 3.8) is 0 Å². The van der Waals surface area contributed by atoms with Gasteiger partial charge < -0.3 is 0 Å². The Balaban J connectivity index is 3.14. The first-order chi connectivity index (χ1) is 6.79. The van der Waals surface area contributed by atoms with Crippen molar-refractivity contribution >= 4 is 11.3 Å². The summed E-state index contributed by atoms with van der Waals surface area (Å²) in [5.74, 6) is 0. The largest absolute Gasteiger partial charge is 0.293 e. The van der Waals surface area contributed by atoms with Crippen LogP contribution in [0.25, 0.3) is 5.57 Å². The van der Waals surface area contributed by atoms with Gasteiger partial charge in [0.05, 0.1) is 5.69 Å². The molecule has 1 rings (SSSR count). The maximum atomic E-state index is 4.27. The molecule has 0 spiro atoms. The summed E-state index contributed by atoms with van der Waals surface area (Å²) in [5.41, 5.74) is 2.90. The highest BCUT2D eigenvalue weighted by molar-refractivity contribution is 6.22. The van der Waals surface area contributed by atoms with Gasteiger partial charge in [-0.3, -0.25) is 9.98 Å². The molecule has 2 heteroatoms. The summed E-state index contributed by atoms with van der Waals surface area (Å²) in [4.78, 5) is 8.41. The van der Waals surface area contributed by atoms with Crippen LogP contribution in [0.15, 0.2) is 48.1 Å². The molecule has 72 valence electrons. The quantitative estimate of drug-likeness (QED) is 0.526. The summed E-state index contributed by atoms with van der Waals surface area (Å²) in [6.07, 6.45) is 5.44. The molecule has 14 heavy (non-hydrogen) atoms. The van der Waals surface area contributed by atoms with E-state index in [2.05, 4.69) is 16.6 Å². The molecule has 0 saturated heterocycles. The van der Waals surface area contributed by atoms with Crippen LogP contribution in [0.5, 0.6) is 0 Å². The van der Waals surface area contributed by atoms with Gasteiger partial charge in [0.15, 0.2) is 0 Å². The summed E-state index contributed by atoms with van der Waals surface area (Å²) >= 11 is 0. The van der Waals surface area contributed by atoms with Crippen LogP contribution in [-0.4, -0.2) is 17.7 Å². The Morgan fingerprint density at radius 2 is 2.29 bits per heavy atom. The molecule has 0 aliphatic heterocycles. The summed E-state index contributed by atoms with van der Waals surface area (Å²) in [7, 11) is 1.77. The monoisotopic (exact) mass is 186 g/mol. The van der Waals surface area contributed by atoms with Crippen molar-refractivity contribution in [3.8, 4) is 0 Å². The van der Waals surface area contributed by atoms with E-state index >= 15 is 0 Å². The number of nitrogens with zero attached hydrogens (tertiary/aromatic N) is 2. The first kappa shape index (κ1) is 10.4. The molecule has 0 aromatic carbocycles. The van der Waals surface area contributed by atoms with Crippen molar-refractivity contribution in [3.05, 3.63) is 48.8 Å². The van der Waals surface area contributed by atoms with Gasteiger partial charge in [-0.2, -0.15) is 0 Å². The van der Waals surface area contributed by atoms with E-state index in [1.807, 2.05) is 31.2 Å². The number of hydrogen-bond acceptors (Lipinski definition) is 2. The number of aliphatic imine (C=N–C) groups is 1. The normalized spacial score (nSPS) is 12.7. The van der Waals surface area contributed by atoms with Crippen LogP contribution in [0.4, 0.5) is 0 Å². The smallest absolute Gasteiger partial charge is 0.0719 e. The Morgan fingerprint density at radius 1 is 1.50 bits per heavy atom. The topological polar surface area (TPSA) is 25.2 Å². The first-order valence-electron chi connectivity index (χ1n) is 4.47. The van der Waals surface area contributed by atoms with Gasteiger partial charge >= 0.3 is 0 Å². The standard InChI is InChI=1S/C12H14N2/c1-4-7-11(10(2)13-3)12-8-5-6-9-14-12/h4-9H,1H2,2-3H3/b11-7+,13-10-. The molecular weight excluding hydrogens is 172 g/mol. The molecule has 0 aliphatic carbocycles. The number of allylic oxidation sites excluding steroid dienone is 3. The second kappa shape index (κ2) is 5.12. The van der Waals surface area contributed by atoms with Gasteiger partial charge in [-0.25, -0.2) is 0 Å². The molecule has 0 radical (unpaired) electrons. The van der Waals surface area contributed by atoms with Crippen LogP contribution < -0.4 is 0 Å². The zero-order valence-corrected chi connectivity index (χ0v) is 8.57. The minimum Gasteiger partial charge on any atom is -0.293 e. The molecule has 0 bridgehead atoms. The lowest BCUT2D eigenvalue weighted by Gasteiger charge is -2.04. The van der Waals surface area contributed by atoms with Crippen molar-refractivity contribution < 1.29 is 0 Å². The van der Waals surface area contributed by atoms with Crippen LogP contribution in [0.3, 0.4) is 0 Å². The SMILES string of the molecule is C=C/C=C(\C(C)=N/C)c1ccccn1. The fourth-order valence-electron chi connectivity index (χ4n) is 1.15. The molecule has 1 aromatic rings. The third-order valence-corrected chi connectivity index (χ3v) is 1.95. The Kier molecular flexibility index (Phi) is 3.80. The van der Waals surface area contributed by atoms with Gasteiger partial charge in [0.25, 0.3) is 0 Å². The molecule has 2 nitrogen and oxygen atoms in total. The molecule has 0 atom stereocenters. The van der Waals surface area contributed by atoms with Crippen LogP contribution in [0, 0.1) is 0 Å². The van der Waals surface area contributed by atoms with E-state index in [0.717, 1.165) is 17.0 Å². The molecule has 1 aromatic heterocycles. The van der Waals surface area contributed by atoms with Crippen LogP contribution in [0.1, 0.15) is 12.6 Å². The van der Waals surface area contributed by atoms with Crippen molar-refractivity contribution in [2.75, 3.05) is 7.05 Å².